The molecule has 0 saturated carbocycles. The number of fused-ring (bicyclic) bond motifs is 1. The zero-order valence-corrected chi connectivity index (χ0v) is 31.8. The minimum Gasteiger partial charge on any atom is -0.480 e. The molecule has 1 saturated heterocycles. The number of amides is 6. The lowest BCUT2D eigenvalue weighted by atomic mass is 10.00. The largest absolute Gasteiger partial charge is 0.480 e. The third-order valence-electron chi connectivity index (χ3n) is 9.21. The SMILES string of the molecule is CC(C)[C@H](NC(=O)[C@H](CCC(N)=O)NC(=O)[C@H](Cc1c[nH]c2ccccc12)NC(=O)[C@@H](N)CS)C(=O)N1CCC[C@H]1C(=O)N[C@@H](CCCN=C(N)N)C(=O)O. The number of carbonyl (C=O) groups is 7. The maximum atomic E-state index is 14.0. The number of rotatable bonds is 21. The van der Waals surface area contributed by atoms with E-state index >= 15 is 0 Å². The highest BCUT2D eigenvalue weighted by Gasteiger charge is 2.40. The monoisotopic (exact) mass is 787 g/mol. The van der Waals surface area contributed by atoms with Gasteiger partial charge in [0, 0.05) is 48.8 Å². The number of carboxylic acids is 1. The number of H-pyrrole nitrogens is 1. The third-order valence-corrected chi connectivity index (χ3v) is 9.60. The Bertz CT molecular complexity index is 1730. The van der Waals surface area contributed by atoms with Crippen molar-refractivity contribution < 1.29 is 38.7 Å². The summed E-state index contributed by atoms with van der Waals surface area (Å²) in [6, 6.07) is 0.296. The summed E-state index contributed by atoms with van der Waals surface area (Å²) in [6.45, 7) is 3.69. The van der Waals surface area contributed by atoms with Crippen LogP contribution in [-0.4, -0.2) is 117 Å². The van der Waals surface area contributed by atoms with Crippen LogP contribution in [0.15, 0.2) is 35.5 Å². The molecular weight excluding hydrogens is 735 g/mol. The fourth-order valence-corrected chi connectivity index (χ4v) is 6.36. The molecule has 6 atom stereocenters. The molecule has 1 aliphatic heterocycles. The van der Waals surface area contributed by atoms with Gasteiger partial charge in [0.15, 0.2) is 5.96 Å². The van der Waals surface area contributed by atoms with Gasteiger partial charge in [-0.15, -0.1) is 0 Å². The number of carbonyl (C=O) groups excluding carboxylic acids is 6. The number of primary amides is 1. The second-order valence-corrected chi connectivity index (χ2v) is 14.1. The van der Waals surface area contributed by atoms with E-state index in [1.165, 1.54) is 4.90 Å². The van der Waals surface area contributed by atoms with Gasteiger partial charge in [-0.1, -0.05) is 32.0 Å². The minimum absolute atomic E-state index is 0.00188. The Morgan fingerprint density at radius 2 is 1.62 bits per heavy atom. The first kappa shape index (κ1) is 44.0. The highest BCUT2D eigenvalue weighted by molar-refractivity contribution is 7.80. The smallest absolute Gasteiger partial charge is 0.326 e. The molecule has 20 heteroatoms. The molecular formula is C35H53N11O8S. The zero-order chi connectivity index (χ0) is 40.8. The van der Waals surface area contributed by atoms with E-state index in [0.29, 0.717) is 12.0 Å². The molecule has 1 fully saturated rings. The number of aromatic amines is 1. The Hall–Kier alpha value is -5.37. The van der Waals surface area contributed by atoms with Crippen molar-refractivity contribution in [2.24, 2.45) is 33.8 Å². The van der Waals surface area contributed by atoms with Crippen LogP contribution >= 0.6 is 12.6 Å². The lowest BCUT2D eigenvalue weighted by molar-refractivity contribution is -0.145. The normalized spacial score (nSPS) is 16.7. The van der Waals surface area contributed by atoms with E-state index in [4.69, 9.17) is 22.9 Å². The van der Waals surface area contributed by atoms with E-state index in [1.54, 1.807) is 20.0 Å². The molecule has 0 spiro atoms. The highest BCUT2D eigenvalue weighted by atomic mass is 32.1. The standard InChI is InChI=1S/C35H53N11O8S/c1-18(2)28(33(52)46-14-6-10-26(46)32(51)43-24(34(53)54)9-5-13-40-35(38)39)45-30(49)23(11-12-27(37)47)42-31(50)25(44-29(48)21(36)17-55)15-19-16-41-22-8-4-3-7-20(19)22/h3-4,7-8,16,18,21,23-26,28,41,55H,5-6,9-15,17,36H2,1-2H3,(H2,37,47)(H,42,50)(H,43,51)(H,44,48)(H,45,49)(H,53,54)(H4,38,39,40)/t21-,23-,24-,25-,26-,28-/m0/s1. The Morgan fingerprint density at radius 1 is 0.945 bits per heavy atom. The third kappa shape index (κ3) is 12.9. The summed E-state index contributed by atoms with van der Waals surface area (Å²) < 4.78 is 0. The number of benzene rings is 1. The van der Waals surface area contributed by atoms with E-state index in [-0.39, 0.29) is 63.3 Å². The topological polar surface area (TPSA) is 323 Å². The van der Waals surface area contributed by atoms with Crippen LogP contribution in [0.2, 0.25) is 0 Å². The fourth-order valence-electron chi connectivity index (χ4n) is 6.20. The van der Waals surface area contributed by atoms with Gasteiger partial charge in [-0.3, -0.25) is 33.8 Å². The Morgan fingerprint density at radius 3 is 2.25 bits per heavy atom. The molecule has 0 radical (unpaired) electrons. The quantitative estimate of drug-likeness (QED) is 0.0283. The average Bonchev–Trinajstić information content (AvgIpc) is 3.80. The molecule has 302 valence electrons. The van der Waals surface area contributed by atoms with Crippen LogP contribution in [0, 0.1) is 5.92 Å². The molecule has 1 aliphatic rings. The summed E-state index contributed by atoms with van der Waals surface area (Å²) in [5.74, 6) is -6.13. The van der Waals surface area contributed by atoms with Gasteiger partial charge in [0.1, 0.15) is 30.2 Å². The van der Waals surface area contributed by atoms with Gasteiger partial charge in [-0.2, -0.15) is 12.6 Å². The molecule has 14 N–H and O–H groups in total. The summed E-state index contributed by atoms with van der Waals surface area (Å²) in [5.41, 5.74) is 23.4. The van der Waals surface area contributed by atoms with Gasteiger partial charge in [0.25, 0.3) is 0 Å². The molecule has 0 aliphatic carbocycles. The van der Waals surface area contributed by atoms with E-state index in [0.717, 1.165) is 10.9 Å². The number of aliphatic imine (C=N–C) groups is 1. The fraction of sp³-hybridized carbons (Fsp3) is 0.543. The van der Waals surface area contributed by atoms with Crippen molar-refractivity contribution in [2.75, 3.05) is 18.8 Å². The van der Waals surface area contributed by atoms with Crippen LogP contribution in [0.1, 0.15) is 57.9 Å². The minimum atomic E-state index is -1.37. The number of aliphatic carboxylic acids is 1. The summed E-state index contributed by atoms with van der Waals surface area (Å²) in [7, 11) is 0. The number of nitrogens with zero attached hydrogens (tertiary/aromatic N) is 2. The van der Waals surface area contributed by atoms with Crippen molar-refractivity contribution >= 4 is 70.9 Å². The van der Waals surface area contributed by atoms with E-state index in [9.17, 15) is 38.7 Å². The van der Waals surface area contributed by atoms with Gasteiger partial charge in [0.05, 0.1) is 6.04 Å². The Kier molecular flexibility index (Phi) is 16.7. The van der Waals surface area contributed by atoms with Gasteiger partial charge in [0.2, 0.25) is 35.4 Å². The number of guanidine groups is 1. The molecule has 1 aromatic carbocycles. The lowest BCUT2D eigenvalue weighted by Crippen LogP contribution is -2.60. The Balaban J connectivity index is 1.80. The predicted octanol–water partition coefficient (Wildman–Crippen LogP) is -2.04. The van der Waals surface area contributed by atoms with Gasteiger partial charge in [-0.05, 0) is 49.7 Å². The van der Waals surface area contributed by atoms with Crippen molar-refractivity contribution in [3.05, 3.63) is 36.0 Å². The molecule has 0 unspecified atom stereocenters. The van der Waals surface area contributed by atoms with Gasteiger partial charge >= 0.3 is 5.97 Å². The molecule has 2 heterocycles. The number of hydrogen-bond donors (Lipinski definition) is 11. The number of carboxylic acid groups (broad SMARTS) is 1. The highest BCUT2D eigenvalue weighted by Crippen LogP contribution is 2.22. The lowest BCUT2D eigenvalue weighted by Gasteiger charge is -2.32. The van der Waals surface area contributed by atoms with Crippen LogP contribution in [0.4, 0.5) is 0 Å². The van der Waals surface area contributed by atoms with Crippen molar-refractivity contribution in [1.29, 1.82) is 0 Å². The average molecular weight is 788 g/mol. The van der Waals surface area contributed by atoms with Gasteiger partial charge in [-0.25, -0.2) is 4.79 Å². The van der Waals surface area contributed by atoms with Crippen molar-refractivity contribution in [1.82, 2.24) is 31.2 Å². The molecule has 3 rings (SSSR count). The summed E-state index contributed by atoms with van der Waals surface area (Å²) in [4.78, 5) is 99.9. The van der Waals surface area contributed by atoms with E-state index in [2.05, 4.69) is 43.9 Å². The summed E-state index contributed by atoms with van der Waals surface area (Å²) in [5, 5.41) is 21.0. The number of para-hydroxylation sites is 1. The number of thiol groups is 1. The number of nitrogens with two attached hydrogens (primary N) is 4. The predicted molar refractivity (Wildman–Crippen MR) is 207 cm³/mol. The number of nitrogens with one attached hydrogen (secondary N) is 5. The van der Waals surface area contributed by atoms with Crippen LogP contribution in [0.25, 0.3) is 10.9 Å². The zero-order valence-electron chi connectivity index (χ0n) is 31.0. The van der Waals surface area contributed by atoms with Crippen molar-refractivity contribution in [2.45, 2.75) is 95.0 Å². The van der Waals surface area contributed by atoms with Crippen molar-refractivity contribution in [3.63, 3.8) is 0 Å². The molecule has 55 heavy (non-hydrogen) atoms. The van der Waals surface area contributed by atoms with Crippen molar-refractivity contribution in [3.8, 4) is 0 Å². The number of hydrogen-bond acceptors (Lipinski definition) is 10. The van der Waals surface area contributed by atoms with E-state index in [1.807, 2.05) is 24.3 Å². The van der Waals surface area contributed by atoms with Crippen LogP contribution in [0.3, 0.4) is 0 Å². The van der Waals surface area contributed by atoms with Crippen LogP contribution in [0.5, 0.6) is 0 Å². The first-order valence-corrected chi connectivity index (χ1v) is 18.7. The van der Waals surface area contributed by atoms with Crippen LogP contribution in [-0.2, 0) is 40.0 Å². The molecule has 1 aromatic heterocycles. The molecule has 2 aromatic rings. The maximum absolute atomic E-state index is 14.0. The second-order valence-electron chi connectivity index (χ2n) is 13.7. The van der Waals surface area contributed by atoms with E-state index < -0.39 is 83.6 Å². The van der Waals surface area contributed by atoms with Gasteiger partial charge < -0.3 is 59.2 Å². The second kappa shape index (κ2) is 20.9. The summed E-state index contributed by atoms with van der Waals surface area (Å²) in [6.07, 6.45) is 2.20. The first-order chi connectivity index (χ1) is 26.0. The number of aromatic nitrogens is 1. The Labute approximate surface area is 323 Å². The summed E-state index contributed by atoms with van der Waals surface area (Å²) >= 11 is 4.08. The van der Waals surface area contributed by atoms with Crippen LogP contribution < -0.4 is 44.2 Å². The molecule has 0 bridgehead atoms. The number of likely N-dealkylation sites (tertiary alicyclic amines) is 1. The molecule has 6 amide bonds. The molecule has 19 nitrogen and oxygen atoms in total. The maximum Gasteiger partial charge on any atom is 0.326 e. The first-order valence-electron chi connectivity index (χ1n) is 18.0.